The molecule has 0 aliphatic carbocycles. The molecule has 0 aliphatic rings. The number of hydrogen-bond acceptors (Lipinski definition) is 4. The number of rotatable bonds is 10. The summed E-state index contributed by atoms with van der Waals surface area (Å²) in [4.78, 5) is 12.0. The fourth-order valence-corrected chi connectivity index (χ4v) is 3.46. The molecule has 6 heteroatoms. The van der Waals surface area contributed by atoms with E-state index in [2.05, 4.69) is 4.72 Å². The highest BCUT2D eigenvalue weighted by Gasteiger charge is 2.12. The van der Waals surface area contributed by atoms with Crippen LogP contribution in [0.4, 0.5) is 0 Å². The van der Waals surface area contributed by atoms with Gasteiger partial charge in [0.1, 0.15) is 6.61 Å². The molecule has 2 aromatic carbocycles. The number of unbranched alkanes of at least 4 members (excludes halogenated alkanes) is 2. The van der Waals surface area contributed by atoms with Gasteiger partial charge in [-0.2, -0.15) is 0 Å². The van der Waals surface area contributed by atoms with Gasteiger partial charge in [0.15, 0.2) is 0 Å². The van der Waals surface area contributed by atoms with Crippen LogP contribution >= 0.6 is 0 Å². The highest BCUT2D eigenvalue weighted by molar-refractivity contribution is 7.89. The third-order valence-electron chi connectivity index (χ3n) is 3.92. The number of carbonyl (C=O) groups excluding carboxylic acids is 1. The Balaban J connectivity index is 1.58. The highest BCUT2D eigenvalue weighted by Crippen LogP contribution is 2.10. The van der Waals surface area contributed by atoms with Crippen molar-refractivity contribution in [3.8, 4) is 0 Å². The Bertz CT molecular complexity index is 786. The van der Waals surface area contributed by atoms with Gasteiger partial charge >= 0.3 is 5.97 Å². The van der Waals surface area contributed by atoms with Crippen molar-refractivity contribution in [2.75, 3.05) is 6.54 Å². The molecule has 0 fully saturated rings. The first kappa shape index (κ1) is 20.1. The third kappa shape index (κ3) is 6.98. The third-order valence-corrected chi connectivity index (χ3v) is 5.40. The molecule has 2 aromatic rings. The maximum atomic E-state index is 12.1. The number of aryl methyl sites for hydroxylation is 1. The van der Waals surface area contributed by atoms with Crippen molar-refractivity contribution < 1.29 is 17.9 Å². The van der Waals surface area contributed by atoms with E-state index < -0.39 is 10.0 Å². The largest absolute Gasteiger partial charge is 0.461 e. The van der Waals surface area contributed by atoms with Crippen molar-refractivity contribution in [2.45, 2.75) is 44.1 Å². The Morgan fingerprint density at radius 3 is 2.35 bits per heavy atom. The summed E-state index contributed by atoms with van der Waals surface area (Å²) < 4.78 is 32.0. The molecule has 0 unspecified atom stereocenters. The minimum absolute atomic E-state index is 0.228. The lowest BCUT2D eigenvalue weighted by molar-refractivity contribution is -0.145. The smallest absolute Gasteiger partial charge is 0.306 e. The molecule has 5 nitrogen and oxygen atoms in total. The molecule has 140 valence electrons. The zero-order chi connectivity index (χ0) is 18.8. The summed E-state index contributed by atoms with van der Waals surface area (Å²) in [5, 5.41) is 0. The Hall–Kier alpha value is -2.18. The molecule has 1 N–H and O–H groups in total. The van der Waals surface area contributed by atoms with Gasteiger partial charge < -0.3 is 4.74 Å². The predicted octanol–water partition coefficient (Wildman–Crippen LogP) is 3.58. The Morgan fingerprint density at radius 1 is 0.962 bits per heavy atom. The van der Waals surface area contributed by atoms with E-state index in [9.17, 15) is 13.2 Å². The summed E-state index contributed by atoms with van der Waals surface area (Å²) in [5.41, 5.74) is 1.98. The second kappa shape index (κ2) is 10.1. The van der Waals surface area contributed by atoms with Crippen LogP contribution in [-0.4, -0.2) is 20.9 Å². The first-order chi connectivity index (χ1) is 12.5. The van der Waals surface area contributed by atoms with Gasteiger partial charge in [-0.15, -0.1) is 0 Å². The molecule has 0 heterocycles. The topological polar surface area (TPSA) is 72.5 Å². The maximum absolute atomic E-state index is 12.1. The van der Waals surface area contributed by atoms with Crippen molar-refractivity contribution in [3.63, 3.8) is 0 Å². The van der Waals surface area contributed by atoms with E-state index in [1.807, 2.05) is 37.3 Å². The molecular formula is C20H25NO4S. The van der Waals surface area contributed by atoms with E-state index in [0.29, 0.717) is 25.8 Å². The van der Waals surface area contributed by atoms with E-state index >= 15 is 0 Å². The monoisotopic (exact) mass is 375 g/mol. The number of carbonyl (C=O) groups is 1. The molecule has 0 saturated carbocycles. The average Bonchev–Trinajstić information content (AvgIpc) is 2.64. The predicted molar refractivity (Wildman–Crippen MR) is 101 cm³/mol. The van der Waals surface area contributed by atoms with Gasteiger partial charge in [-0.05, 0) is 37.5 Å². The normalized spacial score (nSPS) is 11.3. The van der Waals surface area contributed by atoms with Gasteiger partial charge in [-0.25, -0.2) is 13.1 Å². The van der Waals surface area contributed by atoms with Crippen LogP contribution in [0.2, 0.25) is 0 Å². The van der Waals surface area contributed by atoms with Crippen molar-refractivity contribution >= 4 is 16.0 Å². The molecule has 0 atom stereocenters. The molecule has 0 spiro atoms. The van der Waals surface area contributed by atoms with Crippen molar-refractivity contribution in [2.24, 2.45) is 0 Å². The van der Waals surface area contributed by atoms with Crippen LogP contribution in [0.25, 0.3) is 0 Å². The van der Waals surface area contributed by atoms with Crippen molar-refractivity contribution in [3.05, 3.63) is 65.7 Å². The lowest BCUT2D eigenvalue weighted by atomic mass is 10.2. The van der Waals surface area contributed by atoms with Crippen LogP contribution < -0.4 is 4.72 Å². The van der Waals surface area contributed by atoms with E-state index in [0.717, 1.165) is 17.5 Å². The second-order valence-corrected chi connectivity index (χ2v) is 7.93. The molecule has 0 aromatic heterocycles. The van der Waals surface area contributed by atoms with Crippen LogP contribution in [0, 0.1) is 6.92 Å². The molecule has 0 aliphatic heterocycles. The molecule has 0 saturated heterocycles. The SMILES string of the molecule is Cc1ccc(S(=O)(=O)NCCCCCC(=O)OCc2ccccc2)cc1. The lowest BCUT2D eigenvalue weighted by Crippen LogP contribution is -2.24. The highest BCUT2D eigenvalue weighted by atomic mass is 32.2. The quantitative estimate of drug-likeness (QED) is 0.509. The fourth-order valence-electron chi connectivity index (χ4n) is 2.39. The minimum Gasteiger partial charge on any atom is -0.461 e. The van der Waals surface area contributed by atoms with Gasteiger partial charge in [0.25, 0.3) is 0 Å². The molecular weight excluding hydrogens is 350 g/mol. The number of sulfonamides is 1. The average molecular weight is 375 g/mol. The summed E-state index contributed by atoms with van der Waals surface area (Å²) in [6, 6.07) is 16.3. The van der Waals surface area contributed by atoms with Crippen LogP contribution in [0.15, 0.2) is 59.5 Å². The number of ether oxygens (including phenoxy) is 1. The lowest BCUT2D eigenvalue weighted by Gasteiger charge is -2.07. The van der Waals surface area contributed by atoms with Gasteiger partial charge in [0, 0.05) is 13.0 Å². The van der Waals surface area contributed by atoms with Crippen molar-refractivity contribution in [1.29, 1.82) is 0 Å². The Labute approximate surface area is 155 Å². The standard InChI is InChI=1S/C20H25NO4S/c1-17-11-13-19(14-12-17)26(23,24)21-15-7-3-6-10-20(22)25-16-18-8-4-2-5-9-18/h2,4-5,8-9,11-14,21H,3,6-7,10,15-16H2,1H3. The van der Waals surface area contributed by atoms with Gasteiger partial charge in [-0.1, -0.05) is 54.4 Å². The molecule has 2 rings (SSSR count). The summed E-state index contributed by atoms with van der Waals surface area (Å²) in [7, 11) is -3.46. The number of benzene rings is 2. The Morgan fingerprint density at radius 2 is 1.65 bits per heavy atom. The van der Waals surface area contributed by atoms with E-state index in [4.69, 9.17) is 4.74 Å². The zero-order valence-corrected chi connectivity index (χ0v) is 15.8. The molecule has 0 amide bonds. The zero-order valence-electron chi connectivity index (χ0n) is 15.0. The van der Waals surface area contributed by atoms with Gasteiger partial charge in [-0.3, -0.25) is 4.79 Å². The number of nitrogens with one attached hydrogen (secondary N) is 1. The Kier molecular flexibility index (Phi) is 7.81. The number of hydrogen-bond donors (Lipinski definition) is 1. The summed E-state index contributed by atoms with van der Waals surface area (Å²) >= 11 is 0. The van der Waals surface area contributed by atoms with Crippen LogP contribution in [-0.2, 0) is 26.2 Å². The van der Waals surface area contributed by atoms with E-state index in [1.165, 1.54) is 0 Å². The first-order valence-electron chi connectivity index (χ1n) is 8.73. The minimum atomic E-state index is -3.46. The van der Waals surface area contributed by atoms with Crippen LogP contribution in [0.5, 0.6) is 0 Å². The van der Waals surface area contributed by atoms with Crippen LogP contribution in [0.3, 0.4) is 0 Å². The second-order valence-electron chi connectivity index (χ2n) is 6.17. The summed E-state index contributed by atoms with van der Waals surface area (Å²) in [5.74, 6) is -0.228. The summed E-state index contributed by atoms with van der Waals surface area (Å²) in [6.45, 7) is 2.56. The fraction of sp³-hybridized carbons (Fsp3) is 0.350. The van der Waals surface area contributed by atoms with Gasteiger partial charge in [0.05, 0.1) is 4.90 Å². The maximum Gasteiger partial charge on any atom is 0.306 e. The molecule has 0 bridgehead atoms. The molecule has 26 heavy (non-hydrogen) atoms. The first-order valence-corrected chi connectivity index (χ1v) is 10.2. The van der Waals surface area contributed by atoms with Crippen LogP contribution in [0.1, 0.15) is 36.8 Å². The molecule has 0 radical (unpaired) electrons. The van der Waals surface area contributed by atoms with Gasteiger partial charge in [0.2, 0.25) is 10.0 Å². The number of esters is 1. The van der Waals surface area contributed by atoms with E-state index in [1.54, 1.807) is 24.3 Å². The van der Waals surface area contributed by atoms with Crippen molar-refractivity contribution in [1.82, 2.24) is 4.72 Å². The van der Waals surface area contributed by atoms with E-state index in [-0.39, 0.29) is 17.5 Å². The summed E-state index contributed by atoms with van der Waals surface area (Å²) in [6.07, 6.45) is 2.46.